The number of sulfonamides is 1. The highest BCUT2D eigenvalue weighted by Gasteiger charge is 2.23. The van der Waals surface area contributed by atoms with Gasteiger partial charge in [0.15, 0.2) is 11.6 Å². The molecule has 8 nitrogen and oxygen atoms in total. The molecule has 0 saturated carbocycles. The highest BCUT2D eigenvalue weighted by Crippen LogP contribution is 2.17. The number of hydrogen-bond acceptors (Lipinski definition) is 6. The van der Waals surface area contributed by atoms with Gasteiger partial charge in [-0.1, -0.05) is 10.3 Å². The summed E-state index contributed by atoms with van der Waals surface area (Å²) in [5.74, 6) is -0.0557. The van der Waals surface area contributed by atoms with Crippen LogP contribution in [0, 0.1) is 13.8 Å². The third-order valence-electron chi connectivity index (χ3n) is 1.81. The summed E-state index contributed by atoms with van der Waals surface area (Å²) in [7, 11) is -3.76. The van der Waals surface area contributed by atoms with Crippen LogP contribution in [0.1, 0.15) is 11.5 Å². The summed E-state index contributed by atoms with van der Waals surface area (Å²) < 4.78 is 30.4. The van der Waals surface area contributed by atoms with Gasteiger partial charge in [0.2, 0.25) is 10.0 Å². The van der Waals surface area contributed by atoms with E-state index in [4.69, 9.17) is 15.5 Å². The summed E-state index contributed by atoms with van der Waals surface area (Å²) >= 11 is 0. The second-order valence-corrected chi connectivity index (χ2v) is 4.77. The molecule has 0 saturated heterocycles. The highest BCUT2D eigenvalue weighted by atomic mass is 32.2. The van der Waals surface area contributed by atoms with Crippen molar-refractivity contribution in [2.24, 2.45) is 10.9 Å². The molecular weight excluding hydrogens is 236 g/mol. The van der Waals surface area contributed by atoms with Crippen LogP contribution in [-0.4, -0.2) is 31.2 Å². The first-order valence-corrected chi connectivity index (χ1v) is 5.75. The quantitative estimate of drug-likeness (QED) is 0.280. The van der Waals surface area contributed by atoms with E-state index in [9.17, 15) is 8.42 Å². The molecule has 0 atom stereocenters. The second kappa shape index (κ2) is 4.49. The Morgan fingerprint density at radius 2 is 2.25 bits per heavy atom. The van der Waals surface area contributed by atoms with Gasteiger partial charge in [0.05, 0.1) is 6.54 Å². The van der Waals surface area contributed by atoms with Gasteiger partial charge >= 0.3 is 0 Å². The molecule has 1 aromatic rings. The van der Waals surface area contributed by atoms with Gasteiger partial charge in [-0.05, 0) is 13.8 Å². The van der Waals surface area contributed by atoms with Gasteiger partial charge in [-0.25, -0.2) is 13.1 Å². The first-order chi connectivity index (χ1) is 7.38. The van der Waals surface area contributed by atoms with Crippen LogP contribution in [0.2, 0.25) is 0 Å². The summed E-state index contributed by atoms with van der Waals surface area (Å²) in [5, 5.41) is 14.4. The van der Waals surface area contributed by atoms with E-state index < -0.39 is 10.0 Å². The Morgan fingerprint density at radius 1 is 1.62 bits per heavy atom. The number of oxime groups is 1. The molecule has 0 amide bonds. The van der Waals surface area contributed by atoms with Crippen molar-refractivity contribution in [3.05, 3.63) is 11.5 Å². The monoisotopic (exact) mass is 248 g/mol. The van der Waals surface area contributed by atoms with Gasteiger partial charge in [0.25, 0.3) is 0 Å². The van der Waals surface area contributed by atoms with Crippen LogP contribution >= 0.6 is 0 Å². The predicted molar refractivity (Wildman–Crippen MR) is 54.6 cm³/mol. The van der Waals surface area contributed by atoms with Gasteiger partial charge in [-0.2, -0.15) is 0 Å². The van der Waals surface area contributed by atoms with Crippen LogP contribution in [-0.2, 0) is 10.0 Å². The Labute approximate surface area is 92.2 Å². The maximum Gasteiger partial charge on any atom is 0.246 e. The summed E-state index contributed by atoms with van der Waals surface area (Å²) in [5.41, 5.74) is 5.40. The first kappa shape index (κ1) is 12.5. The summed E-state index contributed by atoms with van der Waals surface area (Å²) in [6.07, 6.45) is 0. The zero-order valence-electron chi connectivity index (χ0n) is 8.76. The van der Waals surface area contributed by atoms with Crippen LogP contribution in [0.5, 0.6) is 0 Å². The highest BCUT2D eigenvalue weighted by molar-refractivity contribution is 7.89. The number of amidine groups is 1. The van der Waals surface area contributed by atoms with E-state index in [1.165, 1.54) is 13.8 Å². The lowest BCUT2D eigenvalue weighted by Crippen LogP contribution is -2.34. The van der Waals surface area contributed by atoms with E-state index in [1.807, 2.05) is 0 Å². The van der Waals surface area contributed by atoms with Crippen molar-refractivity contribution >= 4 is 15.9 Å². The standard InChI is InChI=1S/C7H12N4O4S/c1-4-7(5(2)15-11-4)16(13,14)9-3-6(8)10-12/h9,12H,3H2,1-2H3,(H2,8,10). The molecule has 1 aromatic heterocycles. The van der Waals surface area contributed by atoms with E-state index in [1.54, 1.807) is 0 Å². The fourth-order valence-electron chi connectivity index (χ4n) is 1.13. The van der Waals surface area contributed by atoms with Crippen molar-refractivity contribution in [3.8, 4) is 0 Å². The summed E-state index contributed by atoms with van der Waals surface area (Å²) in [6, 6.07) is 0. The summed E-state index contributed by atoms with van der Waals surface area (Å²) in [6.45, 7) is 2.70. The molecule has 1 rings (SSSR count). The Morgan fingerprint density at radius 3 is 2.69 bits per heavy atom. The second-order valence-electron chi connectivity index (χ2n) is 3.07. The number of nitrogens with zero attached hydrogens (tertiary/aromatic N) is 2. The molecule has 0 bridgehead atoms. The molecule has 0 aromatic carbocycles. The fraction of sp³-hybridized carbons (Fsp3) is 0.429. The van der Waals surface area contributed by atoms with E-state index in [2.05, 4.69) is 15.0 Å². The third-order valence-corrected chi connectivity index (χ3v) is 3.45. The average molecular weight is 248 g/mol. The van der Waals surface area contributed by atoms with Crippen LogP contribution < -0.4 is 10.5 Å². The Kier molecular flexibility index (Phi) is 3.50. The molecule has 0 aliphatic carbocycles. The molecule has 0 aliphatic heterocycles. The SMILES string of the molecule is Cc1noc(C)c1S(=O)(=O)NC/C(N)=N/O. The molecule has 0 aliphatic rings. The number of nitrogens with one attached hydrogen (secondary N) is 1. The minimum absolute atomic E-state index is 0.0294. The molecule has 1 heterocycles. The number of rotatable bonds is 4. The molecule has 0 unspecified atom stereocenters. The zero-order chi connectivity index (χ0) is 12.3. The number of aromatic nitrogens is 1. The minimum Gasteiger partial charge on any atom is -0.409 e. The van der Waals surface area contributed by atoms with Crippen LogP contribution in [0.4, 0.5) is 0 Å². The van der Waals surface area contributed by atoms with Crippen molar-refractivity contribution in [3.63, 3.8) is 0 Å². The molecule has 16 heavy (non-hydrogen) atoms. The molecule has 0 fully saturated rings. The fourth-order valence-corrected chi connectivity index (χ4v) is 2.46. The smallest absolute Gasteiger partial charge is 0.246 e. The van der Waals surface area contributed by atoms with Crippen LogP contribution in [0.15, 0.2) is 14.6 Å². The average Bonchev–Trinajstić information content (AvgIpc) is 2.55. The normalized spacial score (nSPS) is 13.0. The number of aryl methyl sites for hydroxylation is 2. The molecule has 9 heteroatoms. The Bertz CT molecular complexity index is 485. The first-order valence-electron chi connectivity index (χ1n) is 4.27. The lowest BCUT2D eigenvalue weighted by Gasteiger charge is -2.04. The van der Waals surface area contributed by atoms with Gasteiger partial charge in [-0.3, -0.25) is 0 Å². The van der Waals surface area contributed by atoms with Crippen molar-refractivity contribution in [1.29, 1.82) is 0 Å². The van der Waals surface area contributed by atoms with Gasteiger partial charge in [-0.15, -0.1) is 0 Å². The van der Waals surface area contributed by atoms with Gasteiger partial charge < -0.3 is 15.5 Å². The lowest BCUT2D eigenvalue weighted by atomic mass is 10.4. The van der Waals surface area contributed by atoms with Crippen molar-refractivity contribution in [2.75, 3.05) is 6.54 Å². The lowest BCUT2D eigenvalue weighted by molar-refractivity contribution is 0.317. The third kappa shape index (κ3) is 2.49. The van der Waals surface area contributed by atoms with Crippen molar-refractivity contribution in [1.82, 2.24) is 9.88 Å². The van der Waals surface area contributed by atoms with Crippen molar-refractivity contribution in [2.45, 2.75) is 18.7 Å². The molecule has 0 spiro atoms. The molecule has 90 valence electrons. The van der Waals surface area contributed by atoms with E-state index >= 15 is 0 Å². The van der Waals surface area contributed by atoms with Gasteiger partial charge in [0, 0.05) is 0 Å². The zero-order valence-corrected chi connectivity index (χ0v) is 9.58. The molecule has 4 N–H and O–H groups in total. The van der Waals surface area contributed by atoms with E-state index in [0.717, 1.165) is 0 Å². The maximum atomic E-state index is 11.8. The van der Waals surface area contributed by atoms with E-state index in [0.29, 0.717) is 0 Å². The van der Waals surface area contributed by atoms with Crippen molar-refractivity contribution < 1.29 is 18.1 Å². The molecule has 0 radical (unpaired) electrons. The molecular formula is C7H12N4O4S. The van der Waals surface area contributed by atoms with E-state index in [-0.39, 0.29) is 28.7 Å². The number of nitrogens with two attached hydrogens (primary N) is 1. The summed E-state index contributed by atoms with van der Waals surface area (Å²) in [4.78, 5) is -0.0294. The van der Waals surface area contributed by atoms with Crippen LogP contribution in [0.25, 0.3) is 0 Å². The largest absolute Gasteiger partial charge is 0.409 e. The Hall–Kier alpha value is -1.61. The number of hydrogen-bond donors (Lipinski definition) is 3. The van der Waals surface area contributed by atoms with Gasteiger partial charge in [0.1, 0.15) is 10.6 Å². The maximum absolute atomic E-state index is 11.8. The predicted octanol–water partition coefficient (Wildman–Crippen LogP) is -0.684. The topological polar surface area (TPSA) is 131 Å². The Balaban J connectivity index is 2.95. The van der Waals surface area contributed by atoms with Crippen LogP contribution in [0.3, 0.4) is 0 Å². The minimum atomic E-state index is -3.76.